The molecule has 18 heavy (non-hydrogen) atoms. The molecule has 3 N–H and O–H groups in total. The van der Waals surface area contributed by atoms with Crippen LogP contribution in [0, 0.1) is 5.92 Å². The van der Waals surface area contributed by atoms with E-state index in [9.17, 15) is 0 Å². The van der Waals surface area contributed by atoms with Crippen LogP contribution in [0.3, 0.4) is 0 Å². The molecule has 1 aromatic heterocycles. The SMILES string of the molecule is CC(CNc1nc(Cl)ccc1N)CN1CCCC1. The predicted molar refractivity (Wildman–Crippen MR) is 77.0 cm³/mol. The Morgan fingerprint density at radius 2 is 2.17 bits per heavy atom. The number of nitrogens with one attached hydrogen (secondary N) is 1. The van der Waals surface area contributed by atoms with Gasteiger partial charge in [0.2, 0.25) is 0 Å². The molecule has 1 fully saturated rings. The Bertz CT molecular complexity index is 391. The van der Waals surface area contributed by atoms with Gasteiger partial charge in [0.1, 0.15) is 5.15 Å². The van der Waals surface area contributed by atoms with Crippen LogP contribution in [0.25, 0.3) is 0 Å². The summed E-state index contributed by atoms with van der Waals surface area (Å²) in [5.74, 6) is 1.26. The number of nitrogens with zero attached hydrogens (tertiary/aromatic N) is 2. The quantitative estimate of drug-likeness (QED) is 0.806. The van der Waals surface area contributed by atoms with Crippen molar-refractivity contribution < 1.29 is 0 Å². The normalized spacial score (nSPS) is 17.9. The number of pyridine rings is 1. The van der Waals surface area contributed by atoms with Crippen molar-refractivity contribution in [3.8, 4) is 0 Å². The number of halogens is 1. The summed E-state index contributed by atoms with van der Waals surface area (Å²) in [6, 6.07) is 3.48. The van der Waals surface area contributed by atoms with Crippen molar-refractivity contribution in [2.24, 2.45) is 5.92 Å². The van der Waals surface area contributed by atoms with Crippen molar-refractivity contribution in [3.05, 3.63) is 17.3 Å². The van der Waals surface area contributed by atoms with Gasteiger partial charge in [-0.05, 0) is 44.0 Å². The second-order valence-corrected chi connectivity index (χ2v) is 5.45. The molecule has 0 spiro atoms. The first-order valence-electron chi connectivity index (χ1n) is 6.53. The standard InChI is InChI=1S/C13H21ClN4/c1-10(9-18-6-2-3-7-18)8-16-13-11(15)4-5-12(14)17-13/h4-5,10H,2-3,6-9,15H2,1H3,(H,16,17). The lowest BCUT2D eigenvalue weighted by molar-refractivity contribution is 0.294. The van der Waals surface area contributed by atoms with Gasteiger partial charge in [0.15, 0.2) is 5.82 Å². The third-order valence-corrected chi connectivity index (χ3v) is 3.49. The van der Waals surface area contributed by atoms with Crippen molar-refractivity contribution in [2.75, 3.05) is 37.2 Å². The molecule has 0 radical (unpaired) electrons. The third kappa shape index (κ3) is 3.75. The molecule has 0 amide bonds. The van der Waals surface area contributed by atoms with E-state index >= 15 is 0 Å². The van der Waals surface area contributed by atoms with E-state index in [1.54, 1.807) is 12.1 Å². The van der Waals surface area contributed by atoms with Crippen molar-refractivity contribution in [1.29, 1.82) is 0 Å². The molecule has 1 aromatic rings. The zero-order chi connectivity index (χ0) is 13.0. The van der Waals surface area contributed by atoms with Crippen LogP contribution < -0.4 is 11.1 Å². The highest BCUT2D eigenvalue weighted by molar-refractivity contribution is 6.29. The zero-order valence-electron chi connectivity index (χ0n) is 10.8. The Labute approximate surface area is 114 Å². The number of aromatic nitrogens is 1. The number of likely N-dealkylation sites (tertiary alicyclic amines) is 1. The molecule has 0 bridgehead atoms. The average Bonchev–Trinajstić information content (AvgIpc) is 2.83. The van der Waals surface area contributed by atoms with Gasteiger partial charge in [-0.15, -0.1) is 0 Å². The Morgan fingerprint density at radius 1 is 1.44 bits per heavy atom. The van der Waals surface area contributed by atoms with Gasteiger partial charge in [0.25, 0.3) is 0 Å². The van der Waals surface area contributed by atoms with Crippen LogP contribution in [0.4, 0.5) is 11.5 Å². The molecule has 4 nitrogen and oxygen atoms in total. The minimum Gasteiger partial charge on any atom is -0.396 e. The van der Waals surface area contributed by atoms with E-state index in [2.05, 4.69) is 22.1 Å². The van der Waals surface area contributed by atoms with Crippen LogP contribution in [0.1, 0.15) is 19.8 Å². The molecular formula is C13H21ClN4. The second kappa shape index (κ2) is 6.25. The lowest BCUT2D eigenvalue weighted by Crippen LogP contribution is -2.29. The summed E-state index contributed by atoms with van der Waals surface area (Å²) in [4.78, 5) is 6.71. The molecule has 2 rings (SSSR count). The summed E-state index contributed by atoms with van der Waals surface area (Å²) in [5, 5.41) is 3.75. The number of hydrogen-bond donors (Lipinski definition) is 2. The molecule has 1 aliphatic rings. The van der Waals surface area contributed by atoms with Crippen molar-refractivity contribution in [3.63, 3.8) is 0 Å². The molecule has 0 saturated carbocycles. The van der Waals surface area contributed by atoms with E-state index in [4.69, 9.17) is 17.3 Å². The van der Waals surface area contributed by atoms with E-state index in [-0.39, 0.29) is 0 Å². The zero-order valence-corrected chi connectivity index (χ0v) is 11.6. The minimum atomic E-state index is 0.471. The highest BCUT2D eigenvalue weighted by Gasteiger charge is 2.14. The van der Waals surface area contributed by atoms with Gasteiger partial charge in [-0.2, -0.15) is 0 Å². The maximum Gasteiger partial charge on any atom is 0.150 e. The van der Waals surface area contributed by atoms with Gasteiger partial charge in [0.05, 0.1) is 5.69 Å². The van der Waals surface area contributed by atoms with Gasteiger partial charge >= 0.3 is 0 Å². The summed E-state index contributed by atoms with van der Waals surface area (Å²) < 4.78 is 0. The van der Waals surface area contributed by atoms with Crippen molar-refractivity contribution in [1.82, 2.24) is 9.88 Å². The van der Waals surface area contributed by atoms with E-state index < -0.39 is 0 Å². The monoisotopic (exact) mass is 268 g/mol. The minimum absolute atomic E-state index is 0.471. The fourth-order valence-electron chi connectivity index (χ4n) is 2.33. The molecule has 0 aromatic carbocycles. The Hall–Kier alpha value is -1.00. The second-order valence-electron chi connectivity index (χ2n) is 5.07. The Kier molecular flexibility index (Phi) is 4.66. The molecule has 0 aliphatic carbocycles. The van der Waals surface area contributed by atoms with Gasteiger partial charge < -0.3 is 16.0 Å². The predicted octanol–water partition coefficient (Wildman–Crippen LogP) is 2.46. The average molecular weight is 269 g/mol. The van der Waals surface area contributed by atoms with Crippen LogP contribution in [-0.2, 0) is 0 Å². The molecule has 5 heteroatoms. The number of hydrogen-bond acceptors (Lipinski definition) is 4. The van der Waals surface area contributed by atoms with Crippen LogP contribution in [0.5, 0.6) is 0 Å². The van der Waals surface area contributed by atoms with E-state index in [1.165, 1.54) is 25.9 Å². The highest BCUT2D eigenvalue weighted by Crippen LogP contribution is 2.19. The lowest BCUT2D eigenvalue weighted by atomic mass is 10.1. The summed E-state index contributed by atoms with van der Waals surface area (Å²) in [6.07, 6.45) is 2.67. The van der Waals surface area contributed by atoms with Crippen LogP contribution in [0.2, 0.25) is 5.15 Å². The van der Waals surface area contributed by atoms with Crippen LogP contribution in [0.15, 0.2) is 12.1 Å². The fourth-order valence-corrected chi connectivity index (χ4v) is 2.48. The van der Waals surface area contributed by atoms with Crippen LogP contribution in [-0.4, -0.2) is 36.1 Å². The highest BCUT2D eigenvalue weighted by atomic mass is 35.5. The molecule has 2 heterocycles. The lowest BCUT2D eigenvalue weighted by Gasteiger charge is -2.21. The maximum absolute atomic E-state index is 5.85. The topological polar surface area (TPSA) is 54.2 Å². The van der Waals surface area contributed by atoms with Crippen molar-refractivity contribution >= 4 is 23.1 Å². The van der Waals surface area contributed by atoms with E-state index in [0.29, 0.717) is 22.6 Å². The van der Waals surface area contributed by atoms with Crippen molar-refractivity contribution in [2.45, 2.75) is 19.8 Å². The molecule has 1 aliphatic heterocycles. The number of anilines is 2. The molecule has 1 unspecified atom stereocenters. The van der Waals surface area contributed by atoms with E-state index in [1.807, 2.05) is 0 Å². The Morgan fingerprint density at radius 3 is 2.89 bits per heavy atom. The summed E-state index contributed by atoms with van der Waals surface area (Å²) in [5.41, 5.74) is 6.49. The van der Waals surface area contributed by atoms with Gasteiger partial charge in [0, 0.05) is 13.1 Å². The Balaban J connectivity index is 1.81. The first kappa shape index (κ1) is 13.4. The van der Waals surface area contributed by atoms with Gasteiger partial charge in [-0.3, -0.25) is 0 Å². The fraction of sp³-hybridized carbons (Fsp3) is 0.615. The number of nitrogen functional groups attached to an aromatic ring is 1. The molecule has 100 valence electrons. The largest absolute Gasteiger partial charge is 0.396 e. The first-order valence-corrected chi connectivity index (χ1v) is 6.91. The molecule has 1 atom stereocenters. The van der Waals surface area contributed by atoms with E-state index in [0.717, 1.165) is 13.1 Å². The number of rotatable bonds is 5. The molecule has 1 saturated heterocycles. The maximum atomic E-state index is 5.85. The summed E-state index contributed by atoms with van der Waals surface area (Å²) >= 11 is 5.85. The summed E-state index contributed by atoms with van der Waals surface area (Å²) in [6.45, 7) is 6.72. The first-order chi connectivity index (χ1) is 8.65. The summed E-state index contributed by atoms with van der Waals surface area (Å²) in [7, 11) is 0. The molecular weight excluding hydrogens is 248 g/mol. The van der Waals surface area contributed by atoms with Gasteiger partial charge in [-0.1, -0.05) is 18.5 Å². The third-order valence-electron chi connectivity index (χ3n) is 3.28. The van der Waals surface area contributed by atoms with Gasteiger partial charge in [-0.25, -0.2) is 4.98 Å². The van der Waals surface area contributed by atoms with Crippen LogP contribution >= 0.6 is 11.6 Å². The number of nitrogens with two attached hydrogens (primary N) is 1. The smallest absolute Gasteiger partial charge is 0.150 e.